The zero-order valence-corrected chi connectivity index (χ0v) is 15.5. The normalized spacial score (nSPS) is 13.4. The molecule has 0 spiro atoms. The Hall–Kier alpha value is -3.48. The van der Waals surface area contributed by atoms with E-state index in [0.29, 0.717) is 18.2 Å². The number of anilines is 3. The summed E-state index contributed by atoms with van der Waals surface area (Å²) in [6.45, 7) is 2.66. The molecular weight excluding hydrogens is 352 g/mol. The monoisotopic (exact) mass is 374 g/mol. The highest BCUT2D eigenvalue weighted by atomic mass is 16.1. The van der Waals surface area contributed by atoms with E-state index in [1.165, 1.54) is 18.5 Å². The number of hydrogen-bond donors (Lipinski definition) is 2. The van der Waals surface area contributed by atoms with E-state index in [4.69, 9.17) is 0 Å². The van der Waals surface area contributed by atoms with Gasteiger partial charge in [0.05, 0.1) is 0 Å². The van der Waals surface area contributed by atoms with E-state index in [2.05, 4.69) is 42.6 Å². The van der Waals surface area contributed by atoms with Crippen molar-refractivity contribution in [3.05, 3.63) is 72.3 Å². The van der Waals surface area contributed by atoms with E-state index in [-0.39, 0.29) is 5.91 Å². The van der Waals surface area contributed by atoms with Crippen LogP contribution in [0, 0.1) is 0 Å². The van der Waals surface area contributed by atoms with Gasteiger partial charge in [0.2, 0.25) is 5.95 Å². The molecule has 2 N–H and O–H groups in total. The summed E-state index contributed by atoms with van der Waals surface area (Å²) in [5, 5.41) is 6.02. The lowest BCUT2D eigenvalue weighted by Gasteiger charge is -2.17. The van der Waals surface area contributed by atoms with Crippen molar-refractivity contribution in [1.29, 1.82) is 0 Å². The predicted octanol–water partition coefficient (Wildman–Crippen LogP) is 3.15. The van der Waals surface area contributed by atoms with Crippen LogP contribution in [-0.2, 0) is 6.54 Å². The highest BCUT2D eigenvalue weighted by Gasteiger charge is 2.12. The topological polar surface area (TPSA) is 83.0 Å². The number of hydrogen-bond acceptors (Lipinski definition) is 6. The molecule has 1 aliphatic heterocycles. The molecular formula is C21H22N6O. The maximum atomic E-state index is 12.4. The molecule has 142 valence electrons. The van der Waals surface area contributed by atoms with Crippen molar-refractivity contribution >= 4 is 23.2 Å². The first-order valence-electron chi connectivity index (χ1n) is 9.40. The molecule has 1 saturated heterocycles. The second-order valence-electron chi connectivity index (χ2n) is 6.67. The van der Waals surface area contributed by atoms with E-state index in [1.807, 2.05) is 24.3 Å². The van der Waals surface area contributed by atoms with E-state index in [1.54, 1.807) is 24.7 Å². The minimum absolute atomic E-state index is 0.244. The third-order valence-electron chi connectivity index (χ3n) is 4.69. The summed E-state index contributed by atoms with van der Waals surface area (Å²) in [5.41, 5.74) is 3.42. The van der Waals surface area contributed by atoms with Gasteiger partial charge in [-0.15, -0.1) is 0 Å². The minimum Gasteiger partial charge on any atom is -0.372 e. The van der Waals surface area contributed by atoms with Crippen molar-refractivity contribution < 1.29 is 4.79 Å². The Bertz CT molecular complexity index is 923. The zero-order chi connectivity index (χ0) is 19.2. The average Bonchev–Trinajstić information content (AvgIpc) is 3.28. The van der Waals surface area contributed by atoms with Crippen molar-refractivity contribution in [2.45, 2.75) is 19.4 Å². The lowest BCUT2D eigenvalue weighted by molar-refractivity contribution is 0.0946. The summed E-state index contributed by atoms with van der Waals surface area (Å²) < 4.78 is 0. The number of rotatable bonds is 6. The van der Waals surface area contributed by atoms with Crippen molar-refractivity contribution in [1.82, 2.24) is 20.3 Å². The molecule has 1 fully saturated rings. The van der Waals surface area contributed by atoms with Gasteiger partial charge in [-0.05, 0) is 60.9 Å². The van der Waals surface area contributed by atoms with Gasteiger partial charge in [-0.2, -0.15) is 0 Å². The standard InChI is InChI=1S/C21H22N6O/c28-20(24-15-16-7-10-22-11-8-16)19-9-12-23-21(26-19)25-17-3-5-18(6-4-17)27-13-1-2-14-27/h3-12H,1-2,13-15H2,(H,24,28)(H,23,25,26). The summed E-state index contributed by atoms with van der Waals surface area (Å²) in [4.78, 5) is 27.2. The van der Waals surface area contributed by atoms with Gasteiger partial charge in [-0.1, -0.05) is 0 Å². The van der Waals surface area contributed by atoms with E-state index in [0.717, 1.165) is 24.3 Å². The summed E-state index contributed by atoms with van der Waals surface area (Å²) in [6.07, 6.45) is 7.48. The van der Waals surface area contributed by atoms with Gasteiger partial charge in [0.15, 0.2) is 0 Å². The number of carbonyl (C=O) groups is 1. The fourth-order valence-corrected chi connectivity index (χ4v) is 3.18. The molecule has 1 amide bonds. The smallest absolute Gasteiger partial charge is 0.270 e. The molecule has 3 heterocycles. The molecule has 3 aromatic rings. The highest BCUT2D eigenvalue weighted by molar-refractivity contribution is 5.92. The Morgan fingerprint density at radius 2 is 1.71 bits per heavy atom. The first-order valence-corrected chi connectivity index (χ1v) is 9.40. The van der Waals surface area contributed by atoms with Crippen LogP contribution in [0.15, 0.2) is 61.1 Å². The zero-order valence-electron chi connectivity index (χ0n) is 15.5. The van der Waals surface area contributed by atoms with Gasteiger partial charge < -0.3 is 15.5 Å². The Morgan fingerprint density at radius 3 is 2.46 bits per heavy atom. The number of carbonyl (C=O) groups excluding carboxylic acids is 1. The minimum atomic E-state index is -0.244. The molecule has 0 unspecified atom stereocenters. The van der Waals surface area contributed by atoms with Gasteiger partial charge >= 0.3 is 0 Å². The third-order valence-corrected chi connectivity index (χ3v) is 4.69. The molecule has 2 aromatic heterocycles. The van der Waals surface area contributed by atoms with Crippen LogP contribution in [0.2, 0.25) is 0 Å². The quantitative estimate of drug-likeness (QED) is 0.690. The van der Waals surface area contributed by atoms with Crippen LogP contribution in [0.3, 0.4) is 0 Å². The van der Waals surface area contributed by atoms with E-state index in [9.17, 15) is 4.79 Å². The first kappa shape index (κ1) is 17.9. The van der Waals surface area contributed by atoms with Gasteiger partial charge in [-0.3, -0.25) is 9.78 Å². The summed E-state index contributed by atoms with van der Waals surface area (Å²) in [7, 11) is 0. The van der Waals surface area contributed by atoms with Gasteiger partial charge in [0.25, 0.3) is 5.91 Å². The summed E-state index contributed by atoms with van der Waals surface area (Å²) in [6, 6.07) is 13.5. The molecule has 28 heavy (non-hydrogen) atoms. The Kier molecular flexibility index (Phi) is 5.42. The Morgan fingerprint density at radius 1 is 0.964 bits per heavy atom. The third kappa shape index (κ3) is 4.43. The molecule has 0 bridgehead atoms. The fraction of sp³-hybridized carbons (Fsp3) is 0.238. The second-order valence-corrected chi connectivity index (χ2v) is 6.67. The summed E-state index contributed by atoms with van der Waals surface area (Å²) in [5.74, 6) is 0.150. The lowest BCUT2D eigenvalue weighted by atomic mass is 10.2. The van der Waals surface area contributed by atoms with Crippen LogP contribution in [-0.4, -0.2) is 33.9 Å². The molecule has 0 radical (unpaired) electrons. The molecule has 0 atom stereocenters. The molecule has 4 rings (SSSR count). The second kappa shape index (κ2) is 8.47. The maximum absolute atomic E-state index is 12.4. The number of nitrogens with one attached hydrogen (secondary N) is 2. The number of pyridine rings is 1. The number of nitrogens with zero attached hydrogens (tertiary/aromatic N) is 4. The number of aromatic nitrogens is 3. The molecule has 7 heteroatoms. The molecule has 1 aromatic carbocycles. The average molecular weight is 374 g/mol. The van der Waals surface area contributed by atoms with Gasteiger partial charge in [-0.25, -0.2) is 9.97 Å². The van der Waals surface area contributed by atoms with E-state index < -0.39 is 0 Å². The molecule has 1 aliphatic rings. The van der Waals surface area contributed by atoms with Crippen LogP contribution in [0.4, 0.5) is 17.3 Å². The fourth-order valence-electron chi connectivity index (χ4n) is 3.18. The predicted molar refractivity (Wildman–Crippen MR) is 109 cm³/mol. The van der Waals surface area contributed by atoms with Crippen molar-refractivity contribution in [2.75, 3.05) is 23.3 Å². The van der Waals surface area contributed by atoms with Crippen LogP contribution >= 0.6 is 0 Å². The van der Waals surface area contributed by atoms with Crippen LogP contribution in [0.5, 0.6) is 0 Å². The molecule has 0 saturated carbocycles. The van der Waals surface area contributed by atoms with Crippen LogP contribution < -0.4 is 15.5 Å². The lowest BCUT2D eigenvalue weighted by Crippen LogP contribution is -2.24. The van der Waals surface area contributed by atoms with Crippen LogP contribution in [0.25, 0.3) is 0 Å². The SMILES string of the molecule is O=C(NCc1ccncc1)c1ccnc(Nc2ccc(N3CCCC3)cc2)n1. The highest BCUT2D eigenvalue weighted by Crippen LogP contribution is 2.23. The number of benzene rings is 1. The van der Waals surface area contributed by atoms with Gasteiger partial charge in [0, 0.05) is 49.6 Å². The van der Waals surface area contributed by atoms with Gasteiger partial charge in [0.1, 0.15) is 5.69 Å². The maximum Gasteiger partial charge on any atom is 0.270 e. The van der Waals surface area contributed by atoms with Crippen LogP contribution in [0.1, 0.15) is 28.9 Å². The first-order chi connectivity index (χ1) is 13.8. The van der Waals surface area contributed by atoms with E-state index >= 15 is 0 Å². The van der Waals surface area contributed by atoms with Crippen molar-refractivity contribution in [3.63, 3.8) is 0 Å². The largest absolute Gasteiger partial charge is 0.372 e. The Balaban J connectivity index is 1.38. The number of amides is 1. The molecule has 7 nitrogen and oxygen atoms in total. The summed E-state index contributed by atoms with van der Waals surface area (Å²) >= 11 is 0. The van der Waals surface area contributed by atoms with Crippen molar-refractivity contribution in [2.24, 2.45) is 0 Å². The Labute approximate surface area is 163 Å². The van der Waals surface area contributed by atoms with Crippen molar-refractivity contribution in [3.8, 4) is 0 Å². The molecule has 0 aliphatic carbocycles.